The highest BCUT2D eigenvalue weighted by molar-refractivity contribution is 5.97. The number of amides is 2. The Kier molecular flexibility index (Phi) is 5.55. The molecule has 2 N–H and O–H groups in total. The standard InChI is InChI=1S/C28H34N6O4/c1-17-6-7-24-20(11-17)28(37)33-9-4-3-5-23(33)22-14-25-30-21(18-12-19(35)13-18)15-27(34(25)31-22)32(2)10-8-29-26(36)16-38-24/h6-7,11,14-15,18-19,23,35H,3-5,8-10,12-13,16H2,1-2H3,(H,29,36)/i1D3. The van der Waals surface area contributed by atoms with E-state index >= 15 is 0 Å². The molecule has 3 aliphatic rings. The van der Waals surface area contributed by atoms with Crippen molar-refractivity contribution in [3.05, 3.63) is 52.8 Å². The molecule has 1 aliphatic carbocycles. The quantitative estimate of drug-likeness (QED) is 0.506. The van der Waals surface area contributed by atoms with Gasteiger partial charge in [-0.05, 0) is 51.1 Å². The Labute approximate surface area is 225 Å². The van der Waals surface area contributed by atoms with Crippen molar-refractivity contribution >= 4 is 23.3 Å². The fraction of sp³-hybridized carbons (Fsp3) is 0.500. The summed E-state index contributed by atoms with van der Waals surface area (Å²) in [6.07, 6.45) is 3.40. The molecule has 0 radical (unpaired) electrons. The van der Waals surface area contributed by atoms with E-state index < -0.39 is 6.85 Å². The van der Waals surface area contributed by atoms with Crippen LogP contribution in [-0.2, 0) is 4.79 Å². The maximum Gasteiger partial charge on any atom is 0.258 e. The van der Waals surface area contributed by atoms with Gasteiger partial charge < -0.3 is 25.0 Å². The third-order valence-electron chi connectivity index (χ3n) is 7.81. The summed E-state index contributed by atoms with van der Waals surface area (Å²) in [6.45, 7) is -1.41. The summed E-state index contributed by atoms with van der Waals surface area (Å²) in [7, 11) is 1.93. The second-order valence-corrected chi connectivity index (χ2v) is 10.5. The molecule has 2 bridgehead atoms. The number of aliphatic hydroxyl groups is 1. The van der Waals surface area contributed by atoms with Gasteiger partial charge in [-0.2, -0.15) is 9.61 Å². The van der Waals surface area contributed by atoms with Gasteiger partial charge in [0, 0.05) is 54.5 Å². The Balaban J connectivity index is 1.46. The van der Waals surface area contributed by atoms with Gasteiger partial charge in [-0.1, -0.05) is 11.6 Å². The molecule has 1 atom stereocenters. The molecule has 2 aliphatic heterocycles. The van der Waals surface area contributed by atoms with Gasteiger partial charge >= 0.3 is 0 Å². The summed E-state index contributed by atoms with van der Waals surface area (Å²) in [5.74, 6) is 0.400. The van der Waals surface area contributed by atoms with Crippen LogP contribution in [0.25, 0.3) is 5.65 Å². The van der Waals surface area contributed by atoms with Crippen molar-refractivity contribution < 1.29 is 23.5 Å². The molecule has 2 aromatic heterocycles. The van der Waals surface area contributed by atoms with Crippen molar-refractivity contribution in [3.8, 4) is 5.75 Å². The maximum absolute atomic E-state index is 14.1. The van der Waals surface area contributed by atoms with E-state index in [4.69, 9.17) is 18.9 Å². The van der Waals surface area contributed by atoms with Crippen molar-refractivity contribution in [1.29, 1.82) is 0 Å². The first kappa shape index (κ1) is 21.3. The molecule has 200 valence electrons. The smallest absolute Gasteiger partial charge is 0.258 e. The van der Waals surface area contributed by atoms with Crippen molar-refractivity contribution in [3.63, 3.8) is 0 Å². The lowest BCUT2D eigenvalue weighted by molar-refractivity contribution is -0.123. The third kappa shape index (κ3) is 4.57. The van der Waals surface area contributed by atoms with Crippen molar-refractivity contribution in [2.45, 2.75) is 57.0 Å². The second kappa shape index (κ2) is 9.90. The number of aromatic nitrogens is 3. The second-order valence-electron chi connectivity index (χ2n) is 10.5. The number of fused-ring (bicyclic) bond motifs is 4. The summed E-state index contributed by atoms with van der Waals surface area (Å²) >= 11 is 0. The van der Waals surface area contributed by atoms with Gasteiger partial charge in [-0.15, -0.1) is 0 Å². The Bertz CT molecular complexity index is 1490. The number of piperidine rings is 1. The number of hydrogen-bond acceptors (Lipinski definition) is 7. The number of anilines is 1. The minimum atomic E-state index is -2.41. The molecule has 3 aromatic rings. The van der Waals surface area contributed by atoms with E-state index in [1.54, 1.807) is 9.42 Å². The molecule has 10 heteroatoms. The lowest BCUT2D eigenvalue weighted by atomic mass is 9.80. The molecule has 2 fully saturated rings. The van der Waals surface area contributed by atoms with Crippen molar-refractivity contribution in [2.24, 2.45) is 0 Å². The largest absolute Gasteiger partial charge is 0.483 e. The van der Waals surface area contributed by atoms with Crippen LogP contribution in [0, 0.1) is 6.85 Å². The van der Waals surface area contributed by atoms with Crippen LogP contribution in [0.4, 0.5) is 5.82 Å². The van der Waals surface area contributed by atoms with E-state index in [-0.39, 0.29) is 53.4 Å². The molecule has 10 nitrogen and oxygen atoms in total. The van der Waals surface area contributed by atoms with Crippen LogP contribution in [0.15, 0.2) is 30.3 Å². The van der Waals surface area contributed by atoms with Gasteiger partial charge in [0.2, 0.25) is 0 Å². The maximum atomic E-state index is 14.1. The molecule has 1 unspecified atom stereocenters. The van der Waals surface area contributed by atoms with Crippen molar-refractivity contribution in [1.82, 2.24) is 24.8 Å². The number of benzene rings is 1. The van der Waals surface area contributed by atoms with E-state index in [1.165, 1.54) is 18.2 Å². The number of hydrogen-bond donors (Lipinski definition) is 2. The highest BCUT2D eigenvalue weighted by atomic mass is 16.5. The Morgan fingerprint density at radius 3 is 2.82 bits per heavy atom. The Morgan fingerprint density at radius 1 is 1.13 bits per heavy atom. The van der Waals surface area contributed by atoms with Gasteiger partial charge in [0.1, 0.15) is 11.6 Å². The first-order valence-corrected chi connectivity index (χ1v) is 13.2. The summed E-state index contributed by atoms with van der Waals surface area (Å²) in [6, 6.07) is 7.79. The monoisotopic (exact) mass is 521 g/mol. The molecule has 38 heavy (non-hydrogen) atoms. The predicted octanol–water partition coefficient (Wildman–Crippen LogP) is 2.59. The van der Waals surface area contributed by atoms with Gasteiger partial charge in [0.25, 0.3) is 11.8 Å². The predicted molar refractivity (Wildman–Crippen MR) is 142 cm³/mol. The number of rotatable bonds is 1. The average molecular weight is 522 g/mol. The fourth-order valence-corrected chi connectivity index (χ4v) is 5.60. The third-order valence-corrected chi connectivity index (χ3v) is 7.81. The van der Waals surface area contributed by atoms with Crippen LogP contribution in [0.1, 0.15) is 75.5 Å². The molecule has 1 aromatic carbocycles. The van der Waals surface area contributed by atoms with Crippen LogP contribution in [0.5, 0.6) is 5.75 Å². The summed E-state index contributed by atoms with van der Waals surface area (Å²) in [5, 5.41) is 17.7. The minimum Gasteiger partial charge on any atom is -0.483 e. The van der Waals surface area contributed by atoms with Gasteiger partial charge in [-0.3, -0.25) is 9.59 Å². The number of aryl methyl sites for hydroxylation is 1. The number of carbonyl (C=O) groups is 2. The van der Waals surface area contributed by atoms with Gasteiger partial charge in [-0.25, -0.2) is 4.98 Å². The Morgan fingerprint density at radius 2 is 2.00 bits per heavy atom. The van der Waals surface area contributed by atoms with E-state index in [0.29, 0.717) is 50.2 Å². The van der Waals surface area contributed by atoms with Crippen LogP contribution in [0.2, 0.25) is 0 Å². The molecule has 2 amide bonds. The van der Waals surface area contributed by atoms with Crippen LogP contribution >= 0.6 is 0 Å². The molecule has 0 spiro atoms. The zero-order valence-electron chi connectivity index (χ0n) is 24.4. The highest BCUT2D eigenvalue weighted by Gasteiger charge is 2.34. The zero-order chi connectivity index (χ0) is 28.9. The van der Waals surface area contributed by atoms with Crippen LogP contribution < -0.4 is 15.0 Å². The number of likely N-dealkylation sites (N-methyl/N-ethyl adjacent to an activating group) is 1. The molecule has 1 saturated carbocycles. The van der Waals surface area contributed by atoms with Gasteiger partial charge in [0.15, 0.2) is 12.3 Å². The van der Waals surface area contributed by atoms with E-state index in [0.717, 1.165) is 24.4 Å². The van der Waals surface area contributed by atoms with E-state index in [1.807, 2.05) is 24.1 Å². The zero-order valence-corrected chi connectivity index (χ0v) is 21.4. The van der Waals surface area contributed by atoms with Crippen molar-refractivity contribution in [2.75, 3.05) is 38.2 Å². The first-order chi connectivity index (χ1) is 19.6. The number of aliphatic hydroxyl groups excluding tert-OH is 1. The van der Waals surface area contributed by atoms with Crippen LogP contribution in [0.3, 0.4) is 0 Å². The highest BCUT2D eigenvalue weighted by Crippen LogP contribution is 2.38. The summed E-state index contributed by atoms with van der Waals surface area (Å²) in [5.41, 5.74) is 2.38. The van der Waals surface area contributed by atoms with E-state index in [2.05, 4.69) is 5.32 Å². The summed E-state index contributed by atoms with van der Waals surface area (Å²) < 4.78 is 31.2. The first-order valence-electron chi connectivity index (χ1n) is 14.7. The fourth-order valence-electron chi connectivity index (χ4n) is 5.60. The number of ether oxygens (including phenoxy) is 1. The molecule has 4 heterocycles. The lowest BCUT2D eigenvalue weighted by Gasteiger charge is -2.35. The number of nitrogens with one attached hydrogen (secondary N) is 1. The van der Waals surface area contributed by atoms with Gasteiger partial charge in [0.05, 0.1) is 23.4 Å². The lowest BCUT2D eigenvalue weighted by Crippen LogP contribution is -2.39. The van der Waals surface area contributed by atoms with E-state index in [9.17, 15) is 14.7 Å². The Hall–Kier alpha value is -3.66. The minimum absolute atomic E-state index is 0.0267. The topological polar surface area (TPSA) is 112 Å². The number of carbonyl (C=O) groups excluding carboxylic acids is 2. The SMILES string of the molecule is [2H]C([2H])([2H])c1ccc2c(c1)C(=O)N1CCCCC1c1cc3nc(C4CC(O)C4)cc(n3n1)N(C)CCNC(=O)CO2. The molecular formula is C28H34N6O4. The van der Waals surface area contributed by atoms with Crippen LogP contribution in [-0.4, -0.2) is 75.8 Å². The normalized spacial score (nSPS) is 25.9. The average Bonchev–Trinajstić information content (AvgIpc) is 3.36. The number of nitrogens with zero attached hydrogens (tertiary/aromatic N) is 5. The molecular weight excluding hydrogens is 484 g/mol. The summed E-state index contributed by atoms with van der Waals surface area (Å²) in [4.78, 5) is 35.4. The molecule has 6 rings (SSSR count). The molecule has 1 saturated heterocycles.